The number of ketones is 1. The lowest BCUT2D eigenvalue weighted by Crippen LogP contribution is -2.54. The number of benzene rings is 1. The molecule has 1 aliphatic carbocycles. The number of hydrogen-bond donors (Lipinski definition) is 3. The number of imide groups is 2. The van der Waals surface area contributed by atoms with Gasteiger partial charge in [-0.1, -0.05) is 51.0 Å². The molecule has 396 valence electrons. The summed E-state index contributed by atoms with van der Waals surface area (Å²) in [7, 11) is 0. The van der Waals surface area contributed by atoms with E-state index >= 15 is 0 Å². The minimum absolute atomic E-state index is 0.000933. The molecule has 3 aliphatic heterocycles. The molecule has 4 aliphatic rings. The van der Waals surface area contributed by atoms with E-state index in [9.17, 15) is 33.6 Å². The topological polar surface area (TPSA) is 227 Å². The fraction of sp³-hybridized carbons (Fsp3) is 0.564. The number of nitrogens with zero attached hydrogens (tertiary/aromatic N) is 7. The number of piperazine rings is 1. The lowest BCUT2D eigenvalue weighted by Gasteiger charge is -2.36. The Kier molecular flexibility index (Phi) is 18.9. The molecule has 1 saturated carbocycles. The molecule has 2 saturated heterocycles. The van der Waals surface area contributed by atoms with E-state index in [-0.39, 0.29) is 52.8 Å². The van der Waals surface area contributed by atoms with E-state index in [4.69, 9.17) is 14.5 Å². The summed E-state index contributed by atoms with van der Waals surface area (Å²) in [6.45, 7) is 9.62. The fourth-order valence-electron chi connectivity index (χ4n) is 10.6. The van der Waals surface area contributed by atoms with Gasteiger partial charge in [-0.25, -0.2) is 9.97 Å². The number of unbranched alkanes of at least 4 members (excludes halogenated alkanes) is 8. The van der Waals surface area contributed by atoms with Gasteiger partial charge in [0, 0.05) is 95.3 Å². The van der Waals surface area contributed by atoms with Gasteiger partial charge < -0.3 is 29.9 Å². The van der Waals surface area contributed by atoms with Gasteiger partial charge >= 0.3 is 0 Å². The van der Waals surface area contributed by atoms with Crippen molar-refractivity contribution in [2.45, 2.75) is 142 Å². The van der Waals surface area contributed by atoms with Crippen molar-refractivity contribution in [2.24, 2.45) is 0 Å². The normalized spacial score (nSPS) is 17.1. The van der Waals surface area contributed by atoms with Gasteiger partial charge in [0.2, 0.25) is 23.7 Å². The molecular formula is C55H72N10O9. The van der Waals surface area contributed by atoms with Crippen molar-refractivity contribution in [1.82, 2.24) is 34.6 Å². The molecule has 0 spiro atoms. The van der Waals surface area contributed by atoms with Crippen LogP contribution in [0.2, 0.25) is 0 Å². The number of nitrogens with one attached hydrogen (secondary N) is 3. The second kappa shape index (κ2) is 26.1. The van der Waals surface area contributed by atoms with Crippen molar-refractivity contribution < 1.29 is 38.2 Å². The Hall–Kier alpha value is -6.60. The van der Waals surface area contributed by atoms with Gasteiger partial charge in [0.15, 0.2) is 5.78 Å². The van der Waals surface area contributed by atoms with Crippen LogP contribution >= 0.6 is 0 Å². The SMILES string of the molecule is CC(=O)c1c(C)c2cnc(Nc3ccc(N4CCN(C(=O)CCCCCOCCCCCCOCCCCCCNc5cccc6c5C(=O)N(C5CCC(=O)NC5=O)C6=O)CC4)cn3)nc2n(C2CCCC2)c1=O. The smallest absolute Gasteiger partial charge is 0.264 e. The summed E-state index contributed by atoms with van der Waals surface area (Å²) in [4.78, 5) is 108. The van der Waals surface area contributed by atoms with Crippen LogP contribution < -0.4 is 26.4 Å². The van der Waals surface area contributed by atoms with Crippen LogP contribution in [0.25, 0.3) is 11.0 Å². The highest BCUT2D eigenvalue weighted by molar-refractivity contribution is 6.25. The Bertz CT molecular complexity index is 2710. The largest absolute Gasteiger partial charge is 0.384 e. The highest BCUT2D eigenvalue weighted by atomic mass is 16.5. The zero-order chi connectivity index (χ0) is 52.0. The lowest BCUT2D eigenvalue weighted by atomic mass is 10.0. The zero-order valence-corrected chi connectivity index (χ0v) is 43.1. The Morgan fingerprint density at radius 3 is 2.08 bits per heavy atom. The van der Waals surface area contributed by atoms with Crippen molar-refractivity contribution in [3.05, 3.63) is 75.3 Å². The molecule has 19 heteroatoms. The number of carbonyl (C=O) groups excluding carboxylic acids is 6. The zero-order valence-electron chi connectivity index (χ0n) is 43.1. The molecule has 1 atom stereocenters. The molecule has 1 aromatic carbocycles. The van der Waals surface area contributed by atoms with E-state index in [0.29, 0.717) is 60.1 Å². The molecule has 3 fully saturated rings. The molecule has 4 aromatic rings. The highest BCUT2D eigenvalue weighted by Gasteiger charge is 2.45. The molecule has 0 radical (unpaired) electrons. The summed E-state index contributed by atoms with van der Waals surface area (Å²) in [5, 5.41) is 9.43. The minimum atomic E-state index is -0.981. The molecule has 19 nitrogen and oxygen atoms in total. The maximum absolute atomic E-state index is 13.6. The molecule has 74 heavy (non-hydrogen) atoms. The fourth-order valence-corrected chi connectivity index (χ4v) is 10.6. The van der Waals surface area contributed by atoms with Gasteiger partial charge in [-0.15, -0.1) is 0 Å². The number of fused-ring (bicyclic) bond motifs is 2. The third-order valence-corrected chi connectivity index (χ3v) is 14.7. The summed E-state index contributed by atoms with van der Waals surface area (Å²) in [5.74, 6) is -1.17. The average Bonchev–Trinajstić information content (AvgIpc) is 4.02. The third-order valence-electron chi connectivity index (χ3n) is 14.7. The first kappa shape index (κ1) is 53.7. The van der Waals surface area contributed by atoms with Gasteiger partial charge in [0.1, 0.15) is 17.5 Å². The number of aryl methyl sites for hydroxylation is 1. The van der Waals surface area contributed by atoms with Crippen molar-refractivity contribution in [1.29, 1.82) is 0 Å². The maximum atomic E-state index is 13.6. The number of ether oxygens (including phenoxy) is 2. The van der Waals surface area contributed by atoms with Crippen LogP contribution in [0.5, 0.6) is 0 Å². The first-order chi connectivity index (χ1) is 36.0. The van der Waals surface area contributed by atoms with Crippen molar-refractivity contribution in [2.75, 3.05) is 74.7 Å². The Morgan fingerprint density at radius 2 is 1.43 bits per heavy atom. The van der Waals surface area contributed by atoms with Gasteiger partial charge in [-0.05, 0) is 101 Å². The number of hydrogen-bond acceptors (Lipinski definition) is 15. The van der Waals surface area contributed by atoms with Crippen LogP contribution in [0.4, 0.5) is 23.1 Å². The number of amides is 5. The van der Waals surface area contributed by atoms with Crippen LogP contribution in [0.15, 0.2) is 47.5 Å². The van der Waals surface area contributed by atoms with Crippen LogP contribution in [-0.4, -0.2) is 130 Å². The van der Waals surface area contributed by atoms with Gasteiger partial charge in [0.25, 0.3) is 17.4 Å². The quantitative estimate of drug-likeness (QED) is 0.0300. The standard InChI is InChI=1S/C55H72N10O9/c1-37-42-36-58-55(61-50(42)64(39-17-9-10-18-39)53(71)48(37)38(2)66)59-45-24-22-40(35-57-45)62-27-29-63(30-28-62)47(68)21-8-7-15-34-74-33-14-6-5-13-32-73-31-12-4-3-11-26-56-43-20-16-19-41-49(43)54(72)65(52(41)70)44-23-25-46(67)60-51(44)69/h16,19-20,22,24,35-36,39,44,56H,3-15,17-18,21,23,25-34H2,1-2H3,(H,60,67,69)(H,57,58,59,61). The van der Waals surface area contributed by atoms with Crippen LogP contribution in [0.3, 0.4) is 0 Å². The van der Waals surface area contributed by atoms with Gasteiger partial charge in [-0.2, -0.15) is 4.98 Å². The number of aromatic nitrogens is 4. The van der Waals surface area contributed by atoms with E-state index in [1.807, 2.05) is 23.2 Å². The monoisotopic (exact) mass is 1020 g/mol. The molecule has 0 bridgehead atoms. The number of carbonyl (C=O) groups is 6. The summed E-state index contributed by atoms with van der Waals surface area (Å²) in [6.07, 6.45) is 19.0. The number of piperidine rings is 1. The van der Waals surface area contributed by atoms with Crippen LogP contribution in [-0.2, 0) is 23.9 Å². The third kappa shape index (κ3) is 13.2. The first-order valence-electron chi connectivity index (χ1n) is 26.9. The van der Waals surface area contributed by atoms with Gasteiger partial charge in [-0.3, -0.25) is 48.3 Å². The maximum Gasteiger partial charge on any atom is 0.264 e. The van der Waals surface area contributed by atoms with E-state index in [2.05, 4.69) is 30.8 Å². The Labute approximate surface area is 432 Å². The minimum Gasteiger partial charge on any atom is -0.384 e. The molecule has 3 N–H and O–H groups in total. The van der Waals surface area contributed by atoms with Crippen LogP contribution in [0.1, 0.15) is 165 Å². The molecule has 8 rings (SSSR count). The number of rotatable bonds is 27. The number of Topliss-reactive ketones (excluding diaryl/α,β-unsaturated/α-hetero) is 1. The van der Waals surface area contributed by atoms with Crippen molar-refractivity contribution >= 4 is 69.5 Å². The molecule has 3 aromatic heterocycles. The van der Waals surface area contributed by atoms with E-state index in [1.54, 1.807) is 35.9 Å². The molecular weight excluding hydrogens is 945 g/mol. The number of anilines is 4. The molecule has 1 unspecified atom stereocenters. The van der Waals surface area contributed by atoms with Crippen LogP contribution in [0, 0.1) is 6.92 Å². The van der Waals surface area contributed by atoms with E-state index in [0.717, 1.165) is 146 Å². The van der Waals surface area contributed by atoms with Crippen molar-refractivity contribution in [3.63, 3.8) is 0 Å². The second-order valence-electron chi connectivity index (χ2n) is 20.0. The first-order valence-corrected chi connectivity index (χ1v) is 26.9. The summed E-state index contributed by atoms with van der Waals surface area (Å²) in [6, 6.07) is 8.00. The molecule has 5 amide bonds. The number of pyridine rings is 2. The summed E-state index contributed by atoms with van der Waals surface area (Å²) in [5.41, 5.74) is 3.18. The Balaban J connectivity index is 0.610. The summed E-state index contributed by atoms with van der Waals surface area (Å²) < 4.78 is 13.4. The summed E-state index contributed by atoms with van der Waals surface area (Å²) >= 11 is 0. The predicted molar refractivity (Wildman–Crippen MR) is 281 cm³/mol. The predicted octanol–water partition coefficient (Wildman–Crippen LogP) is 7.43. The Morgan fingerprint density at radius 1 is 0.757 bits per heavy atom. The van der Waals surface area contributed by atoms with Crippen molar-refractivity contribution in [3.8, 4) is 0 Å². The molecule has 6 heterocycles. The average molecular weight is 1020 g/mol. The lowest BCUT2D eigenvalue weighted by molar-refractivity contribution is -0.136. The second-order valence-corrected chi connectivity index (χ2v) is 20.0. The van der Waals surface area contributed by atoms with E-state index in [1.165, 1.54) is 6.92 Å². The van der Waals surface area contributed by atoms with E-state index < -0.39 is 29.7 Å². The van der Waals surface area contributed by atoms with Gasteiger partial charge in [0.05, 0.1) is 28.6 Å². The highest BCUT2D eigenvalue weighted by Crippen LogP contribution is 2.34.